The molecule has 0 radical (unpaired) electrons. The van der Waals surface area contributed by atoms with E-state index >= 15 is 0 Å². The van der Waals surface area contributed by atoms with Gasteiger partial charge in [0.1, 0.15) is 22.8 Å². The summed E-state index contributed by atoms with van der Waals surface area (Å²) in [5.41, 5.74) is -0.990. The van der Waals surface area contributed by atoms with Gasteiger partial charge in [-0.15, -0.1) is 5.10 Å². The van der Waals surface area contributed by atoms with Crippen LogP contribution in [0.3, 0.4) is 0 Å². The Hall–Kier alpha value is -3.02. The number of benzene rings is 2. The fourth-order valence-electron chi connectivity index (χ4n) is 2.00. The molecule has 0 saturated heterocycles. The summed E-state index contributed by atoms with van der Waals surface area (Å²) in [7, 11) is -4.85. The lowest BCUT2D eigenvalue weighted by molar-refractivity contribution is -0.137. The van der Waals surface area contributed by atoms with Crippen molar-refractivity contribution in [2.45, 2.75) is 11.1 Å². The fraction of sp³-hybridized carbons (Fsp3) is 0.0714. The van der Waals surface area contributed by atoms with Crippen LogP contribution in [-0.2, 0) is 16.3 Å². The predicted molar refractivity (Wildman–Crippen MR) is 78.4 cm³/mol. The SMILES string of the molecule is O=S(=O)(Oc1cccc(-n2cnnn2)c1)c1cc(C(F)(F)F)ccc1F. The highest BCUT2D eigenvalue weighted by molar-refractivity contribution is 7.87. The molecular weight excluding hydrogens is 380 g/mol. The van der Waals surface area contributed by atoms with Crippen LogP contribution in [0, 0.1) is 5.82 Å². The molecule has 0 N–H and O–H groups in total. The topological polar surface area (TPSA) is 87.0 Å². The van der Waals surface area contributed by atoms with Gasteiger partial charge in [-0.2, -0.15) is 21.6 Å². The van der Waals surface area contributed by atoms with Gasteiger partial charge in [0.25, 0.3) is 0 Å². The van der Waals surface area contributed by atoms with Crippen molar-refractivity contribution in [1.82, 2.24) is 20.2 Å². The van der Waals surface area contributed by atoms with Gasteiger partial charge in [0, 0.05) is 6.07 Å². The van der Waals surface area contributed by atoms with Gasteiger partial charge in [0.2, 0.25) is 0 Å². The van der Waals surface area contributed by atoms with Crippen molar-refractivity contribution in [2.24, 2.45) is 0 Å². The number of nitrogens with zero attached hydrogens (tertiary/aromatic N) is 4. The number of hydrogen-bond acceptors (Lipinski definition) is 6. The molecule has 2 aromatic carbocycles. The standard InChI is InChI=1S/C14H8F4N4O3S/c15-12-5-4-9(14(16,17)18)6-13(12)26(23,24)25-11-3-1-2-10(7-11)22-8-19-20-21-22/h1-8H. The molecule has 7 nitrogen and oxygen atoms in total. The Balaban J connectivity index is 1.96. The number of rotatable bonds is 4. The van der Waals surface area contributed by atoms with E-state index in [1.807, 2.05) is 0 Å². The van der Waals surface area contributed by atoms with Crippen molar-refractivity contribution in [3.63, 3.8) is 0 Å². The van der Waals surface area contributed by atoms with E-state index in [0.717, 1.165) is 0 Å². The van der Waals surface area contributed by atoms with E-state index in [1.165, 1.54) is 35.3 Å². The molecule has 0 unspecified atom stereocenters. The Kier molecular flexibility index (Phi) is 4.36. The zero-order chi connectivity index (χ0) is 18.9. The van der Waals surface area contributed by atoms with Crippen LogP contribution in [0.5, 0.6) is 5.75 Å². The Bertz CT molecular complexity index is 1040. The Labute approximate surface area is 144 Å². The highest BCUT2D eigenvalue weighted by Crippen LogP contribution is 2.32. The molecular formula is C14H8F4N4O3S. The first-order valence-electron chi connectivity index (χ1n) is 6.81. The lowest BCUT2D eigenvalue weighted by Crippen LogP contribution is -2.14. The summed E-state index contributed by atoms with van der Waals surface area (Å²) in [6.07, 6.45) is -3.60. The first-order valence-corrected chi connectivity index (χ1v) is 8.22. The van der Waals surface area contributed by atoms with E-state index in [0.29, 0.717) is 17.8 Å². The van der Waals surface area contributed by atoms with Crippen LogP contribution in [-0.4, -0.2) is 28.6 Å². The van der Waals surface area contributed by atoms with E-state index < -0.39 is 32.6 Å². The van der Waals surface area contributed by atoms with Gasteiger partial charge in [0.05, 0.1) is 11.3 Å². The van der Waals surface area contributed by atoms with Crippen LogP contribution >= 0.6 is 0 Å². The van der Waals surface area contributed by atoms with Gasteiger partial charge in [-0.1, -0.05) is 6.07 Å². The molecule has 0 aliphatic carbocycles. The van der Waals surface area contributed by atoms with E-state index in [-0.39, 0.29) is 11.8 Å². The first-order chi connectivity index (χ1) is 12.2. The van der Waals surface area contributed by atoms with Crippen molar-refractivity contribution < 1.29 is 30.2 Å². The summed E-state index contributed by atoms with van der Waals surface area (Å²) in [4.78, 5) is -1.22. The second kappa shape index (κ2) is 6.37. The van der Waals surface area contributed by atoms with E-state index in [1.54, 1.807) is 0 Å². The molecule has 26 heavy (non-hydrogen) atoms. The van der Waals surface area contributed by atoms with Crippen molar-refractivity contribution in [2.75, 3.05) is 0 Å². The van der Waals surface area contributed by atoms with Crippen LogP contribution in [0.1, 0.15) is 5.56 Å². The Morgan fingerprint density at radius 1 is 1.08 bits per heavy atom. The van der Waals surface area contributed by atoms with Gasteiger partial charge in [-0.3, -0.25) is 0 Å². The van der Waals surface area contributed by atoms with Crippen LogP contribution < -0.4 is 4.18 Å². The van der Waals surface area contributed by atoms with Crippen molar-refractivity contribution in [1.29, 1.82) is 0 Å². The molecule has 3 aromatic rings. The Morgan fingerprint density at radius 2 is 1.85 bits per heavy atom. The summed E-state index contributed by atoms with van der Waals surface area (Å²) in [5.74, 6) is -1.62. The molecule has 0 saturated carbocycles. The highest BCUT2D eigenvalue weighted by atomic mass is 32.2. The summed E-state index contributed by atoms with van der Waals surface area (Å²) < 4.78 is 82.4. The number of halogens is 4. The number of alkyl halides is 3. The molecule has 0 amide bonds. The van der Waals surface area contributed by atoms with Gasteiger partial charge in [-0.25, -0.2) is 9.07 Å². The molecule has 3 rings (SSSR count). The second-order valence-electron chi connectivity index (χ2n) is 4.93. The third-order valence-corrected chi connectivity index (χ3v) is 4.43. The molecule has 0 atom stereocenters. The smallest absolute Gasteiger partial charge is 0.379 e. The average molecular weight is 388 g/mol. The summed E-state index contributed by atoms with van der Waals surface area (Å²) in [6, 6.07) is 6.42. The van der Waals surface area contributed by atoms with Crippen molar-refractivity contribution in [3.8, 4) is 11.4 Å². The zero-order valence-corrected chi connectivity index (χ0v) is 13.4. The minimum absolute atomic E-state index is 0.176. The van der Waals surface area contributed by atoms with Crippen molar-refractivity contribution >= 4 is 10.1 Å². The summed E-state index contributed by atoms with van der Waals surface area (Å²) >= 11 is 0. The second-order valence-corrected chi connectivity index (χ2v) is 6.45. The average Bonchev–Trinajstić information content (AvgIpc) is 3.08. The summed E-state index contributed by atoms with van der Waals surface area (Å²) in [6.45, 7) is 0. The minimum atomic E-state index is -4.85. The van der Waals surface area contributed by atoms with Crippen molar-refractivity contribution in [3.05, 3.63) is 60.2 Å². The highest BCUT2D eigenvalue weighted by Gasteiger charge is 2.33. The number of aromatic nitrogens is 4. The van der Waals surface area contributed by atoms with Crippen LogP contribution in [0.2, 0.25) is 0 Å². The first kappa shape index (κ1) is 17.8. The molecule has 0 fully saturated rings. The fourth-order valence-corrected chi connectivity index (χ4v) is 3.03. The summed E-state index contributed by atoms with van der Waals surface area (Å²) in [5, 5.41) is 10.4. The van der Waals surface area contributed by atoms with E-state index in [9.17, 15) is 26.0 Å². The molecule has 136 valence electrons. The molecule has 0 spiro atoms. The molecule has 1 heterocycles. The maximum Gasteiger partial charge on any atom is 0.416 e. The number of tetrazole rings is 1. The van der Waals surface area contributed by atoms with Gasteiger partial charge >= 0.3 is 16.3 Å². The zero-order valence-electron chi connectivity index (χ0n) is 12.6. The van der Waals surface area contributed by atoms with E-state index in [4.69, 9.17) is 4.18 Å². The molecule has 12 heteroatoms. The lowest BCUT2D eigenvalue weighted by atomic mass is 10.2. The molecule has 0 aliphatic heterocycles. The molecule has 1 aromatic heterocycles. The third-order valence-electron chi connectivity index (χ3n) is 3.16. The number of hydrogen-bond donors (Lipinski definition) is 0. The van der Waals surface area contributed by atoms with Gasteiger partial charge in [-0.05, 0) is 40.8 Å². The maximum atomic E-state index is 13.8. The van der Waals surface area contributed by atoms with Gasteiger partial charge in [0.15, 0.2) is 0 Å². The monoisotopic (exact) mass is 388 g/mol. The normalized spacial score (nSPS) is 12.2. The van der Waals surface area contributed by atoms with Crippen LogP contribution in [0.25, 0.3) is 5.69 Å². The lowest BCUT2D eigenvalue weighted by Gasteiger charge is -2.11. The minimum Gasteiger partial charge on any atom is -0.379 e. The third kappa shape index (κ3) is 3.64. The van der Waals surface area contributed by atoms with Gasteiger partial charge < -0.3 is 4.18 Å². The molecule has 0 bridgehead atoms. The largest absolute Gasteiger partial charge is 0.416 e. The predicted octanol–water partition coefficient (Wildman–Crippen LogP) is 2.59. The quantitative estimate of drug-likeness (QED) is 0.504. The molecule has 0 aliphatic rings. The van der Waals surface area contributed by atoms with E-state index in [2.05, 4.69) is 15.5 Å². The Morgan fingerprint density at radius 3 is 2.50 bits per heavy atom. The van der Waals surface area contributed by atoms with Crippen LogP contribution in [0.15, 0.2) is 53.7 Å². The maximum absolute atomic E-state index is 13.8. The van der Waals surface area contributed by atoms with Crippen LogP contribution in [0.4, 0.5) is 17.6 Å².